The van der Waals surface area contributed by atoms with Gasteiger partial charge in [-0.3, -0.25) is 9.99 Å². The average molecular weight is 485 g/mol. The van der Waals surface area contributed by atoms with Crippen LogP contribution >= 0.6 is 22.6 Å². The first kappa shape index (κ1) is 18.8. The number of halogens is 1. The van der Waals surface area contributed by atoms with Gasteiger partial charge in [-0.05, 0) is 40.3 Å². The van der Waals surface area contributed by atoms with Crippen molar-refractivity contribution in [1.82, 2.24) is 20.0 Å². The molecule has 2 aliphatic rings. The molecular weight excluding hydrogens is 465 g/mol. The third-order valence-electron chi connectivity index (χ3n) is 4.73. The Morgan fingerprint density at radius 1 is 1.26 bits per heavy atom. The van der Waals surface area contributed by atoms with Crippen LogP contribution in [-0.2, 0) is 17.8 Å². The Labute approximate surface area is 169 Å². The SMILES string of the molecule is OC[C@H]1O[C@@H](n2cc(I)c3c2N=CN(NCc2ccncc2)C3)[C@@H](O)[C@H]1O. The van der Waals surface area contributed by atoms with E-state index in [9.17, 15) is 15.3 Å². The Kier molecular flexibility index (Phi) is 5.43. The van der Waals surface area contributed by atoms with Crippen LogP contribution in [0.4, 0.5) is 5.82 Å². The minimum atomic E-state index is -1.14. The maximum absolute atomic E-state index is 10.3. The van der Waals surface area contributed by atoms with Crippen molar-refractivity contribution in [2.24, 2.45) is 4.99 Å². The van der Waals surface area contributed by atoms with E-state index < -0.39 is 24.5 Å². The number of fused-ring (bicyclic) bond motifs is 1. The summed E-state index contributed by atoms with van der Waals surface area (Å²) in [4.78, 5) is 8.52. The van der Waals surface area contributed by atoms with Crippen LogP contribution in [-0.4, -0.2) is 61.1 Å². The molecule has 0 aliphatic carbocycles. The monoisotopic (exact) mass is 485 g/mol. The molecule has 2 aliphatic heterocycles. The fraction of sp³-hybridized carbons (Fsp3) is 0.412. The van der Waals surface area contributed by atoms with E-state index in [1.165, 1.54) is 0 Å². The minimum Gasteiger partial charge on any atom is -0.394 e. The Hall–Kier alpha value is -1.57. The van der Waals surface area contributed by atoms with Crippen LogP contribution in [0.3, 0.4) is 0 Å². The summed E-state index contributed by atoms with van der Waals surface area (Å²) in [6.45, 7) is 0.894. The highest BCUT2D eigenvalue weighted by atomic mass is 127. The molecule has 0 saturated carbocycles. The van der Waals surface area contributed by atoms with Gasteiger partial charge in [0.25, 0.3) is 0 Å². The van der Waals surface area contributed by atoms with Gasteiger partial charge in [0.2, 0.25) is 0 Å². The molecule has 9 nitrogen and oxygen atoms in total. The fourth-order valence-electron chi connectivity index (χ4n) is 3.24. The maximum atomic E-state index is 10.3. The van der Waals surface area contributed by atoms with Gasteiger partial charge in [-0.2, -0.15) is 0 Å². The number of ether oxygens (including phenoxy) is 1. The number of hydrazine groups is 1. The molecule has 0 aromatic carbocycles. The van der Waals surface area contributed by atoms with Crippen molar-refractivity contribution < 1.29 is 20.1 Å². The van der Waals surface area contributed by atoms with Gasteiger partial charge >= 0.3 is 0 Å². The zero-order valence-corrected chi connectivity index (χ0v) is 16.5. The maximum Gasteiger partial charge on any atom is 0.164 e. The van der Waals surface area contributed by atoms with Gasteiger partial charge in [0.05, 0.1) is 13.2 Å². The number of hydrogen-bond acceptors (Lipinski definition) is 8. The molecule has 2 aromatic heterocycles. The molecule has 0 bridgehead atoms. The van der Waals surface area contributed by atoms with E-state index in [0.717, 1.165) is 14.7 Å². The van der Waals surface area contributed by atoms with Crippen molar-refractivity contribution >= 4 is 34.7 Å². The molecule has 1 fully saturated rings. The number of aliphatic hydroxyl groups is 3. The van der Waals surface area contributed by atoms with Crippen LogP contribution in [0.15, 0.2) is 35.7 Å². The van der Waals surface area contributed by atoms with Gasteiger partial charge in [0.1, 0.15) is 30.5 Å². The van der Waals surface area contributed by atoms with Crippen molar-refractivity contribution in [1.29, 1.82) is 0 Å². The molecule has 144 valence electrons. The van der Waals surface area contributed by atoms with Gasteiger partial charge in [0, 0.05) is 34.3 Å². The predicted octanol–water partition coefficient (Wildman–Crippen LogP) is 0.279. The number of aliphatic imine (C=N–C) groups is 1. The highest BCUT2D eigenvalue weighted by molar-refractivity contribution is 14.1. The van der Waals surface area contributed by atoms with E-state index in [2.05, 4.69) is 38.0 Å². The van der Waals surface area contributed by atoms with E-state index >= 15 is 0 Å². The van der Waals surface area contributed by atoms with Crippen LogP contribution in [0.1, 0.15) is 17.4 Å². The summed E-state index contributed by atoms with van der Waals surface area (Å²) in [5.74, 6) is 0.677. The highest BCUT2D eigenvalue weighted by Crippen LogP contribution is 2.38. The number of nitrogens with zero attached hydrogens (tertiary/aromatic N) is 4. The number of aromatic nitrogens is 2. The van der Waals surface area contributed by atoms with Crippen molar-refractivity contribution in [3.63, 3.8) is 0 Å². The lowest BCUT2D eigenvalue weighted by molar-refractivity contribution is -0.0518. The minimum absolute atomic E-state index is 0.356. The number of rotatable bonds is 5. The van der Waals surface area contributed by atoms with Crippen molar-refractivity contribution in [3.8, 4) is 0 Å². The molecule has 4 N–H and O–H groups in total. The summed E-state index contributed by atoms with van der Waals surface area (Å²) in [7, 11) is 0. The second-order valence-electron chi connectivity index (χ2n) is 6.48. The van der Waals surface area contributed by atoms with E-state index in [1.54, 1.807) is 23.3 Å². The topological polar surface area (TPSA) is 115 Å². The summed E-state index contributed by atoms with van der Waals surface area (Å²) in [6, 6.07) is 3.89. The third kappa shape index (κ3) is 3.60. The van der Waals surface area contributed by atoms with E-state index in [1.807, 2.05) is 23.3 Å². The standard InChI is InChI=1S/C17H20IN5O4/c18-12-7-23(17-15(26)14(25)13(8-24)27-17)16-11(12)6-22(9-20-16)21-5-10-1-3-19-4-2-10/h1-4,7,9,13-15,17,21,24-26H,5-6,8H2/t13-,14+,15+,17-/m1/s1. The fourth-order valence-corrected chi connectivity index (χ4v) is 3.96. The summed E-state index contributed by atoms with van der Waals surface area (Å²) < 4.78 is 8.33. The molecule has 10 heteroatoms. The zero-order valence-electron chi connectivity index (χ0n) is 14.3. The highest BCUT2D eigenvalue weighted by Gasteiger charge is 2.44. The first-order valence-corrected chi connectivity index (χ1v) is 9.61. The second kappa shape index (κ2) is 7.81. The van der Waals surface area contributed by atoms with Crippen molar-refractivity contribution in [3.05, 3.63) is 45.4 Å². The Morgan fingerprint density at radius 3 is 2.74 bits per heavy atom. The summed E-state index contributed by atoms with van der Waals surface area (Å²) in [5, 5.41) is 31.5. The second-order valence-corrected chi connectivity index (χ2v) is 7.64. The Morgan fingerprint density at radius 2 is 2.04 bits per heavy atom. The molecule has 0 spiro atoms. The number of nitrogens with one attached hydrogen (secondary N) is 1. The van der Waals surface area contributed by atoms with E-state index in [-0.39, 0.29) is 6.61 Å². The van der Waals surface area contributed by atoms with Crippen molar-refractivity contribution in [2.75, 3.05) is 6.61 Å². The average Bonchev–Trinajstić information content (AvgIpc) is 3.17. The molecular formula is C17H20IN5O4. The van der Waals surface area contributed by atoms with Gasteiger partial charge in [-0.15, -0.1) is 0 Å². The van der Waals surface area contributed by atoms with Crippen LogP contribution in [0.2, 0.25) is 0 Å². The first-order chi connectivity index (χ1) is 13.1. The van der Waals surface area contributed by atoms with Gasteiger partial charge < -0.3 is 24.6 Å². The van der Waals surface area contributed by atoms with E-state index in [4.69, 9.17) is 4.74 Å². The summed E-state index contributed by atoms with van der Waals surface area (Å²) >= 11 is 2.22. The van der Waals surface area contributed by atoms with Crippen LogP contribution in [0.25, 0.3) is 0 Å². The first-order valence-electron chi connectivity index (χ1n) is 8.53. The number of hydrogen-bond donors (Lipinski definition) is 4. The van der Waals surface area contributed by atoms with Crippen LogP contribution in [0, 0.1) is 3.57 Å². The summed E-state index contributed by atoms with van der Waals surface area (Å²) in [6.07, 6.45) is 3.17. The molecule has 0 amide bonds. The molecule has 4 rings (SSSR count). The van der Waals surface area contributed by atoms with Crippen LogP contribution < -0.4 is 5.43 Å². The largest absolute Gasteiger partial charge is 0.394 e. The Bertz CT molecular complexity index is 830. The van der Waals surface area contributed by atoms with Gasteiger partial charge in [-0.25, -0.2) is 10.4 Å². The molecule has 0 radical (unpaired) electrons. The lowest BCUT2D eigenvalue weighted by atomic mass is 10.1. The number of aliphatic hydroxyl groups excluding tert-OH is 3. The molecule has 0 unspecified atom stereocenters. The lowest BCUT2D eigenvalue weighted by Gasteiger charge is -2.25. The zero-order chi connectivity index (χ0) is 19.0. The number of pyridine rings is 1. The van der Waals surface area contributed by atoms with E-state index in [0.29, 0.717) is 18.9 Å². The predicted molar refractivity (Wildman–Crippen MR) is 105 cm³/mol. The quantitative estimate of drug-likeness (QED) is 0.450. The molecule has 27 heavy (non-hydrogen) atoms. The molecule has 2 aromatic rings. The molecule has 4 atom stereocenters. The molecule has 4 heterocycles. The van der Waals surface area contributed by atoms with Crippen molar-refractivity contribution in [2.45, 2.75) is 37.6 Å². The van der Waals surface area contributed by atoms with Crippen LogP contribution in [0.5, 0.6) is 0 Å². The van der Waals surface area contributed by atoms with Gasteiger partial charge in [-0.1, -0.05) is 0 Å². The third-order valence-corrected chi connectivity index (χ3v) is 5.66. The molecule has 1 saturated heterocycles. The normalized spacial score (nSPS) is 27.2. The Balaban J connectivity index is 1.50. The smallest absolute Gasteiger partial charge is 0.164 e. The lowest BCUT2D eigenvalue weighted by Crippen LogP contribution is -2.37. The van der Waals surface area contributed by atoms with Gasteiger partial charge in [0.15, 0.2) is 6.23 Å². The summed E-state index contributed by atoms with van der Waals surface area (Å²) in [5.41, 5.74) is 5.42.